The number of nitrogens with one attached hydrogen (secondary N) is 1. The fraction of sp³-hybridized carbons (Fsp3) is 0.200. The van der Waals surface area contributed by atoms with E-state index in [1.165, 1.54) is 6.07 Å². The summed E-state index contributed by atoms with van der Waals surface area (Å²) in [5, 5.41) is 12.0. The number of pyridine rings is 1. The zero-order valence-electron chi connectivity index (χ0n) is 11.0. The third-order valence-corrected chi connectivity index (χ3v) is 2.65. The first kappa shape index (κ1) is 13.8. The van der Waals surface area contributed by atoms with E-state index < -0.39 is 5.82 Å². The van der Waals surface area contributed by atoms with Crippen molar-refractivity contribution in [2.75, 3.05) is 11.9 Å². The Morgan fingerprint density at radius 2 is 2.15 bits per heavy atom. The van der Waals surface area contributed by atoms with Crippen molar-refractivity contribution in [2.24, 2.45) is 0 Å². The van der Waals surface area contributed by atoms with Crippen LogP contribution in [0.25, 0.3) is 0 Å². The molecule has 1 N–H and O–H groups in total. The predicted octanol–water partition coefficient (Wildman–Crippen LogP) is 2.97. The molecule has 2 rings (SSSR count). The third kappa shape index (κ3) is 3.45. The fourth-order valence-corrected chi connectivity index (χ4v) is 1.68. The van der Waals surface area contributed by atoms with Crippen molar-refractivity contribution in [3.8, 4) is 11.8 Å². The van der Waals surface area contributed by atoms with Crippen molar-refractivity contribution >= 4 is 5.82 Å². The maximum Gasteiger partial charge on any atom is 0.165 e. The van der Waals surface area contributed by atoms with Gasteiger partial charge >= 0.3 is 0 Å². The van der Waals surface area contributed by atoms with Crippen molar-refractivity contribution in [3.05, 3.63) is 54.0 Å². The summed E-state index contributed by atoms with van der Waals surface area (Å²) >= 11 is 0. The van der Waals surface area contributed by atoms with Gasteiger partial charge in [-0.1, -0.05) is 12.1 Å². The topological polar surface area (TPSA) is 57.9 Å². The van der Waals surface area contributed by atoms with Crippen LogP contribution >= 0.6 is 0 Å². The number of halogens is 1. The first-order valence-electron chi connectivity index (χ1n) is 6.21. The van der Waals surface area contributed by atoms with E-state index in [9.17, 15) is 4.39 Å². The molecule has 1 aromatic carbocycles. The Bertz CT molecular complexity index is 625. The summed E-state index contributed by atoms with van der Waals surface area (Å²) in [4.78, 5) is 4.08. The van der Waals surface area contributed by atoms with Crippen LogP contribution in [0.3, 0.4) is 0 Å². The number of anilines is 1. The summed E-state index contributed by atoms with van der Waals surface area (Å²) in [7, 11) is 0. The molecule has 1 heterocycles. The Hall–Kier alpha value is -2.61. The number of hydrogen-bond acceptors (Lipinski definition) is 4. The van der Waals surface area contributed by atoms with Gasteiger partial charge in [0.15, 0.2) is 11.6 Å². The molecule has 0 radical (unpaired) electrons. The Balaban J connectivity index is 1.94. The van der Waals surface area contributed by atoms with Crippen molar-refractivity contribution < 1.29 is 9.13 Å². The summed E-state index contributed by atoms with van der Waals surface area (Å²) in [6.45, 7) is 2.23. The molecule has 0 bridgehead atoms. The fourth-order valence-electron chi connectivity index (χ4n) is 1.68. The quantitative estimate of drug-likeness (QED) is 0.908. The van der Waals surface area contributed by atoms with E-state index in [1.54, 1.807) is 36.5 Å². The SMILES string of the molecule is CC(CNc1ncccc1C#N)Oc1ccccc1F. The van der Waals surface area contributed by atoms with Gasteiger partial charge in [0.2, 0.25) is 0 Å². The second-order valence-electron chi connectivity index (χ2n) is 4.25. The third-order valence-electron chi connectivity index (χ3n) is 2.65. The lowest BCUT2D eigenvalue weighted by atomic mass is 10.2. The van der Waals surface area contributed by atoms with Crippen molar-refractivity contribution in [1.82, 2.24) is 4.98 Å². The average Bonchev–Trinajstić information content (AvgIpc) is 2.48. The van der Waals surface area contributed by atoms with Gasteiger partial charge in [-0.05, 0) is 31.2 Å². The average molecular weight is 271 g/mol. The van der Waals surface area contributed by atoms with Crippen molar-refractivity contribution in [2.45, 2.75) is 13.0 Å². The van der Waals surface area contributed by atoms with Crippen LogP contribution in [0.1, 0.15) is 12.5 Å². The van der Waals surface area contributed by atoms with Gasteiger partial charge < -0.3 is 10.1 Å². The summed E-state index contributed by atoms with van der Waals surface area (Å²) < 4.78 is 18.9. The van der Waals surface area contributed by atoms with E-state index in [1.807, 2.05) is 6.92 Å². The van der Waals surface area contributed by atoms with Crippen LogP contribution < -0.4 is 10.1 Å². The minimum Gasteiger partial charge on any atom is -0.486 e. The molecular formula is C15H14FN3O. The number of benzene rings is 1. The first-order chi connectivity index (χ1) is 9.70. The molecule has 0 aliphatic heterocycles. The lowest BCUT2D eigenvalue weighted by Gasteiger charge is -2.16. The van der Waals surface area contributed by atoms with Gasteiger partial charge in [0.25, 0.3) is 0 Å². The number of nitriles is 1. The number of hydrogen-bond donors (Lipinski definition) is 1. The van der Waals surface area contributed by atoms with E-state index in [-0.39, 0.29) is 11.9 Å². The lowest BCUT2D eigenvalue weighted by molar-refractivity contribution is 0.224. The highest BCUT2D eigenvalue weighted by Gasteiger charge is 2.09. The molecule has 1 atom stereocenters. The lowest BCUT2D eigenvalue weighted by Crippen LogP contribution is -2.23. The van der Waals surface area contributed by atoms with E-state index in [2.05, 4.69) is 16.4 Å². The Morgan fingerprint density at radius 1 is 1.35 bits per heavy atom. The zero-order chi connectivity index (χ0) is 14.4. The van der Waals surface area contributed by atoms with Crippen LogP contribution in [0.2, 0.25) is 0 Å². The van der Waals surface area contributed by atoms with Gasteiger partial charge in [-0.3, -0.25) is 0 Å². The molecule has 0 saturated heterocycles. The molecular weight excluding hydrogens is 257 g/mol. The highest BCUT2D eigenvalue weighted by molar-refractivity contribution is 5.51. The second-order valence-corrected chi connectivity index (χ2v) is 4.25. The Kier molecular flexibility index (Phi) is 4.51. The minimum atomic E-state index is -0.394. The molecule has 0 spiro atoms. The van der Waals surface area contributed by atoms with Gasteiger partial charge in [0.05, 0.1) is 12.1 Å². The summed E-state index contributed by atoms with van der Waals surface area (Å²) in [6.07, 6.45) is 1.34. The van der Waals surface area contributed by atoms with Crippen molar-refractivity contribution in [3.63, 3.8) is 0 Å². The standard InChI is InChI=1S/C15H14FN3O/c1-11(20-14-7-3-2-6-13(14)16)10-19-15-12(9-17)5-4-8-18-15/h2-8,11H,10H2,1H3,(H,18,19). The van der Waals surface area contributed by atoms with Crippen LogP contribution in [0.15, 0.2) is 42.6 Å². The van der Waals surface area contributed by atoms with E-state index in [0.29, 0.717) is 17.9 Å². The first-order valence-corrected chi connectivity index (χ1v) is 6.21. The number of para-hydroxylation sites is 1. The number of aromatic nitrogens is 1. The Morgan fingerprint density at radius 3 is 2.90 bits per heavy atom. The van der Waals surface area contributed by atoms with Crippen LogP contribution in [-0.4, -0.2) is 17.6 Å². The molecule has 2 aromatic rings. The molecule has 0 amide bonds. The number of ether oxygens (including phenoxy) is 1. The molecule has 0 fully saturated rings. The summed E-state index contributed by atoms with van der Waals surface area (Å²) in [6, 6.07) is 11.7. The Labute approximate surface area is 116 Å². The molecule has 0 saturated carbocycles. The molecule has 1 unspecified atom stereocenters. The smallest absolute Gasteiger partial charge is 0.165 e. The van der Waals surface area contributed by atoms with Gasteiger partial charge in [-0.25, -0.2) is 9.37 Å². The molecule has 20 heavy (non-hydrogen) atoms. The molecule has 4 nitrogen and oxygen atoms in total. The van der Waals surface area contributed by atoms with E-state index >= 15 is 0 Å². The van der Waals surface area contributed by atoms with E-state index in [0.717, 1.165) is 0 Å². The van der Waals surface area contributed by atoms with Crippen LogP contribution in [0.4, 0.5) is 10.2 Å². The second kappa shape index (κ2) is 6.53. The molecule has 102 valence electrons. The minimum absolute atomic E-state index is 0.211. The molecule has 5 heteroatoms. The van der Waals surface area contributed by atoms with Crippen LogP contribution in [-0.2, 0) is 0 Å². The normalized spacial score (nSPS) is 11.4. The highest BCUT2D eigenvalue weighted by Crippen LogP contribution is 2.17. The molecule has 0 aliphatic rings. The van der Waals surface area contributed by atoms with Crippen LogP contribution in [0, 0.1) is 17.1 Å². The van der Waals surface area contributed by atoms with Gasteiger partial charge in [0, 0.05) is 6.20 Å². The zero-order valence-corrected chi connectivity index (χ0v) is 11.0. The maximum atomic E-state index is 13.4. The molecule has 0 aliphatic carbocycles. The predicted molar refractivity (Wildman–Crippen MR) is 73.9 cm³/mol. The number of nitrogens with zero attached hydrogens (tertiary/aromatic N) is 2. The monoisotopic (exact) mass is 271 g/mol. The van der Waals surface area contributed by atoms with Gasteiger partial charge in [-0.2, -0.15) is 5.26 Å². The highest BCUT2D eigenvalue weighted by atomic mass is 19.1. The van der Waals surface area contributed by atoms with E-state index in [4.69, 9.17) is 10.00 Å². The van der Waals surface area contributed by atoms with Crippen molar-refractivity contribution in [1.29, 1.82) is 5.26 Å². The summed E-state index contributed by atoms with van der Waals surface area (Å²) in [5.41, 5.74) is 0.464. The van der Waals surface area contributed by atoms with Gasteiger partial charge in [0.1, 0.15) is 18.0 Å². The largest absolute Gasteiger partial charge is 0.486 e. The molecule has 1 aromatic heterocycles. The van der Waals surface area contributed by atoms with Crippen LogP contribution in [0.5, 0.6) is 5.75 Å². The maximum absolute atomic E-state index is 13.4. The van der Waals surface area contributed by atoms with Gasteiger partial charge in [-0.15, -0.1) is 0 Å². The number of rotatable bonds is 5. The summed E-state index contributed by atoms with van der Waals surface area (Å²) in [5.74, 6) is 0.317.